The van der Waals surface area contributed by atoms with Crippen LogP contribution in [0.25, 0.3) is 0 Å². The van der Waals surface area contributed by atoms with Crippen LogP contribution in [-0.4, -0.2) is 12.6 Å². The number of nitrogens with zero attached hydrogens (tertiary/aromatic N) is 1. The lowest BCUT2D eigenvalue weighted by molar-refractivity contribution is 0.313. The fourth-order valence-corrected chi connectivity index (χ4v) is 3.12. The molecule has 0 unspecified atom stereocenters. The third kappa shape index (κ3) is 3.71. The van der Waals surface area contributed by atoms with Crippen molar-refractivity contribution in [2.75, 3.05) is 6.54 Å². The Bertz CT molecular complexity index is 267. The van der Waals surface area contributed by atoms with Crippen LogP contribution in [0.5, 0.6) is 0 Å². The maximum absolute atomic E-state index is 8.82. The summed E-state index contributed by atoms with van der Waals surface area (Å²) >= 11 is 0. The molecule has 1 N–H and O–H groups in total. The van der Waals surface area contributed by atoms with E-state index >= 15 is 0 Å². The summed E-state index contributed by atoms with van der Waals surface area (Å²) in [4.78, 5) is 0. The van der Waals surface area contributed by atoms with Crippen molar-refractivity contribution in [2.45, 2.75) is 70.8 Å². The molecule has 0 bridgehead atoms. The molecule has 2 fully saturated rings. The largest absolute Gasteiger partial charge is 0.313 e. The topological polar surface area (TPSA) is 35.8 Å². The van der Waals surface area contributed by atoms with Gasteiger partial charge in [-0.05, 0) is 43.9 Å². The first-order valence-electron chi connectivity index (χ1n) is 7.36. The van der Waals surface area contributed by atoms with Gasteiger partial charge in [0, 0.05) is 19.0 Å². The molecule has 0 heterocycles. The SMILES string of the molecule is C[C@@H](NCC1(CC#N)CC1)C1CCCCCC1. The van der Waals surface area contributed by atoms with E-state index in [4.69, 9.17) is 5.26 Å². The summed E-state index contributed by atoms with van der Waals surface area (Å²) in [5.74, 6) is 0.871. The summed E-state index contributed by atoms with van der Waals surface area (Å²) in [6, 6.07) is 2.99. The summed E-state index contributed by atoms with van der Waals surface area (Å²) < 4.78 is 0. The molecule has 0 aromatic heterocycles. The quantitative estimate of drug-likeness (QED) is 0.737. The Balaban J connectivity index is 1.73. The average Bonchev–Trinajstić information content (AvgIpc) is 3.10. The third-order valence-electron chi connectivity index (χ3n) is 4.82. The number of hydrogen-bond donors (Lipinski definition) is 1. The molecule has 2 aliphatic carbocycles. The van der Waals surface area contributed by atoms with Gasteiger partial charge in [0.15, 0.2) is 0 Å². The summed E-state index contributed by atoms with van der Waals surface area (Å²) in [6.45, 7) is 3.41. The lowest BCUT2D eigenvalue weighted by atomic mass is 9.92. The molecule has 0 aromatic rings. The Morgan fingerprint density at radius 1 is 1.24 bits per heavy atom. The number of nitrogens with one attached hydrogen (secondary N) is 1. The van der Waals surface area contributed by atoms with E-state index in [-0.39, 0.29) is 0 Å². The van der Waals surface area contributed by atoms with Gasteiger partial charge >= 0.3 is 0 Å². The van der Waals surface area contributed by atoms with Crippen LogP contribution >= 0.6 is 0 Å². The molecule has 2 aliphatic rings. The van der Waals surface area contributed by atoms with Crippen molar-refractivity contribution in [3.63, 3.8) is 0 Å². The van der Waals surface area contributed by atoms with E-state index in [1.807, 2.05) is 0 Å². The van der Waals surface area contributed by atoms with Crippen LogP contribution in [0.1, 0.15) is 64.7 Å². The van der Waals surface area contributed by atoms with Crippen molar-refractivity contribution in [2.24, 2.45) is 11.3 Å². The summed E-state index contributed by atoms with van der Waals surface area (Å²) in [5.41, 5.74) is 0.355. The predicted octanol–water partition coefficient (Wildman–Crippen LogP) is 3.63. The molecule has 2 nitrogen and oxygen atoms in total. The minimum atomic E-state index is 0.355. The molecule has 1 atom stereocenters. The molecule has 0 aliphatic heterocycles. The van der Waals surface area contributed by atoms with Gasteiger partial charge in [0.25, 0.3) is 0 Å². The Kier molecular flexibility index (Phi) is 4.45. The summed E-state index contributed by atoms with van der Waals surface area (Å²) in [7, 11) is 0. The monoisotopic (exact) mass is 234 g/mol. The zero-order valence-corrected chi connectivity index (χ0v) is 11.2. The average molecular weight is 234 g/mol. The molecule has 0 radical (unpaired) electrons. The smallest absolute Gasteiger partial charge is 0.0628 e. The first-order chi connectivity index (χ1) is 8.26. The normalized spacial score (nSPS) is 25.9. The van der Waals surface area contributed by atoms with E-state index in [2.05, 4.69) is 18.3 Å². The first kappa shape index (κ1) is 12.9. The van der Waals surface area contributed by atoms with Crippen LogP contribution in [0.2, 0.25) is 0 Å². The lowest BCUT2D eigenvalue weighted by Crippen LogP contribution is -2.37. The second-order valence-corrected chi connectivity index (χ2v) is 6.26. The molecular formula is C15H26N2. The van der Waals surface area contributed by atoms with Crippen LogP contribution in [-0.2, 0) is 0 Å². The van der Waals surface area contributed by atoms with Gasteiger partial charge in [0.2, 0.25) is 0 Å². The van der Waals surface area contributed by atoms with Crippen LogP contribution in [0.15, 0.2) is 0 Å². The molecule has 2 heteroatoms. The highest BCUT2D eigenvalue weighted by atomic mass is 14.9. The van der Waals surface area contributed by atoms with E-state index in [1.54, 1.807) is 0 Å². The molecule has 0 saturated heterocycles. The van der Waals surface area contributed by atoms with Crippen LogP contribution < -0.4 is 5.32 Å². The van der Waals surface area contributed by atoms with E-state index in [0.717, 1.165) is 18.9 Å². The molecule has 2 saturated carbocycles. The van der Waals surface area contributed by atoms with Crippen molar-refractivity contribution in [1.82, 2.24) is 5.32 Å². The van der Waals surface area contributed by atoms with Crippen molar-refractivity contribution in [1.29, 1.82) is 5.26 Å². The van der Waals surface area contributed by atoms with Crippen LogP contribution in [0.3, 0.4) is 0 Å². The molecule has 96 valence electrons. The fourth-order valence-electron chi connectivity index (χ4n) is 3.12. The van der Waals surface area contributed by atoms with E-state index in [1.165, 1.54) is 51.4 Å². The molecule has 17 heavy (non-hydrogen) atoms. The highest BCUT2D eigenvalue weighted by Crippen LogP contribution is 2.48. The van der Waals surface area contributed by atoms with Crippen LogP contribution in [0, 0.1) is 22.7 Å². The van der Waals surface area contributed by atoms with E-state index in [0.29, 0.717) is 11.5 Å². The Hall–Kier alpha value is -0.550. The van der Waals surface area contributed by atoms with Gasteiger partial charge in [0.1, 0.15) is 0 Å². The Morgan fingerprint density at radius 2 is 1.88 bits per heavy atom. The number of hydrogen-bond acceptors (Lipinski definition) is 2. The number of nitriles is 1. The van der Waals surface area contributed by atoms with Crippen molar-refractivity contribution in [3.8, 4) is 6.07 Å². The molecule has 0 aromatic carbocycles. The zero-order chi connectivity index (χ0) is 12.1. The van der Waals surface area contributed by atoms with Crippen molar-refractivity contribution >= 4 is 0 Å². The molecule has 0 spiro atoms. The predicted molar refractivity (Wildman–Crippen MR) is 70.6 cm³/mol. The summed E-state index contributed by atoms with van der Waals surface area (Å²) in [5, 5.41) is 12.5. The second-order valence-electron chi connectivity index (χ2n) is 6.26. The van der Waals surface area contributed by atoms with Gasteiger partial charge in [-0.15, -0.1) is 0 Å². The molecule has 2 rings (SSSR count). The van der Waals surface area contributed by atoms with Gasteiger partial charge in [-0.25, -0.2) is 0 Å². The van der Waals surface area contributed by atoms with Gasteiger partial charge in [-0.2, -0.15) is 5.26 Å². The lowest BCUT2D eigenvalue weighted by Gasteiger charge is -2.25. The van der Waals surface area contributed by atoms with Crippen LogP contribution in [0.4, 0.5) is 0 Å². The maximum Gasteiger partial charge on any atom is 0.0628 e. The Labute approximate surface area is 106 Å². The minimum Gasteiger partial charge on any atom is -0.313 e. The minimum absolute atomic E-state index is 0.355. The maximum atomic E-state index is 8.82. The van der Waals surface area contributed by atoms with Crippen molar-refractivity contribution < 1.29 is 0 Å². The highest BCUT2D eigenvalue weighted by molar-refractivity contribution is 5.01. The number of rotatable bonds is 5. The van der Waals surface area contributed by atoms with Gasteiger partial charge in [-0.3, -0.25) is 0 Å². The highest BCUT2D eigenvalue weighted by Gasteiger charge is 2.42. The first-order valence-corrected chi connectivity index (χ1v) is 7.36. The molecule has 0 amide bonds. The standard InChI is InChI=1S/C15H26N2/c1-13(14-6-4-2-3-5-7-14)17-12-15(8-9-15)10-11-16/h13-14,17H,2-10,12H2,1H3/t13-/m1/s1. The zero-order valence-electron chi connectivity index (χ0n) is 11.2. The fraction of sp³-hybridized carbons (Fsp3) is 0.933. The van der Waals surface area contributed by atoms with Gasteiger partial charge < -0.3 is 5.32 Å². The Morgan fingerprint density at radius 3 is 2.41 bits per heavy atom. The van der Waals surface area contributed by atoms with E-state index in [9.17, 15) is 0 Å². The van der Waals surface area contributed by atoms with Gasteiger partial charge in [0.05, 0.1) is 6.07 Å². The van der Waals surface area contributed by atoms with Crippen molar-refractivity contribution in [3.05, 3.63) is 0 Å². The second kappa shape index (κ2) is 5.87. The third-order valence-corrected chi connectivity index (χ3v) is 4.82. The van der Waals surface area contributed by atoms with E-state index < -0.39 is 0 Å². The summed E-state index contributed by atoms with van der Waals surface area (Å²) in [6.07, 6.45) is 11.8. The molecular weight excluding hydrogens is 208 g/mol. The van der Waals surface area contributed by atoms with Gasteiger partial charge in [-0.1, -0.05) is 25.7 Å².